The van der Waals surface area contributed by atoms with Gasteiger partial charge in [0.2, 0.25) is 0 Å². The Bertz CT molecular complexity index is 545. The quantitative estimate of drug-likeness (QED) is 0.820. The van der Waals surface area contributed by atoms with Gasteiger partial charge in [0, 0.05) is 32.0 Å². The Kier molecular flexibility index (Phi) is 5.32. The average Bonchev–Trinajstić information content (AvgIpc) is 2.53. The molecule has 0 radical (unpaired) electrons. The van der Waals surface area contributed by atoms with Crippen molar-refractivity contribution in [1.29, 1.82) is 0 Å². The molecule has 1 aliphatic rings. The first-order valence-corrected chi connectivity index (χ1v) is 7.12. The van der Waals surface area contributed by atoms with Gasteiger partial charge in [-0.25, -0.2) is 4.98 Å². The van der Waals surface area contributed by atoms with Crippen LogP contribution >= 0.6 is 0 Å². The first kappa shape index (κ1) is 15.5. The molecule has 1 aromatic heterocycles. The number of carbonyl (C=O) groups excluding carboxylic acids is 1. The van der Waals surface area contributed by atoms with Crippen LogP contribution in [0.5, 0.6) is 0 Å². The number of methoxy groups -OCH3 is 1. The van der Waals surface area contributed by atoms with Crippen LogP contribution in [0.25, 0.3) is 0 Å². The van der Waals surface area contributed by atoms with Crippen LogP contribution in [0, 0.1) is 17.8 Å². The van der Waals surface area contributed by atoms with Gasteiger partial charge >= 0.3 is 0 Å². The lowest BCUT2D eigenvalue weighted by molar-refractivity contribution is -0.00177. The number of carbonyl (C=O) groups is 1. The second-order valence-electron chi connectivity index (χ2n) is 5.23. The summed E-state index contributed by atoms with van der Waals surface area (Å²) in [6.07, 6.45) is 2.65. The van der Waals surface area contributed by atoms with E-state index in [9.17, 15) is 4.79 Å². The molecule has 1 aromatic rings. The maximum Gasteiger partial charge on any atom is 0.272 e. The van der Waals surface area contributed by atoms with Crippen LogP contribution in [0.15, 0.2) is 18.3 Å². The fourth-order valence-electron chi connectivity index (χ4n) is 2.43. The average molecular weight is 287 g/mol. The molecular formula is C16H21N3O2. The molecule has 1 amide bonds. The molecule has 0 saturated carbocycles. The van der Waals surface area contributed by atoms with Gasteiger partial charge in [0.25, 0.3) is 5.91 Å². The lowest BCUT2D eigenvalue weighted by Crippen LogP contribution is -2.46. The fourth-order valence-corrected chi connectivity index (χ4v) is 2.43. The molecule has 0 aliphatic carbocycles. The summed E-state index contributed by atoms with van der Waals surface area (Å²) in [5.74, 6) is 6.07. The van der Waals surface area contributed by atoms with E-state index in [0.717, 1.165) is 18.5 Å². The normalized spacial score (nSPS) is 21.6. The zero-order valence-corrected chi connectivity index (χ0v) is 12.5. The van der Waals surface area contributed by atoms with Crippen LogP contribution in [-0.2, 0) is 4.74 Å². The van der Waals surface area contributed by atoms with E-state index in [1.165, 1.54) is 0 Å². The summed E-state index contributed by atoms with van der Waals surface area (Å²) >= 11 is 0. The number of nitrogens with zero attached hydrogens (tertiary/aromatic N) is 2. The molecule has 2 heterocycles. The SMILES string of the molecule is COC1CN(C(=O)c2ccc(C#CCN)cn2)CCC1C. The van der Waals surface area contributed by atoms with Crippen molar-refractivity contribution < 1.29 is 9.53 Å². The van der Waals surface area contributed by atoms with E-state index in [1.54, 1.807) is 25.4 Å². The molecule has 112 valence electrons. The molecular weight excluding hydrogens is 266 g/mol. The van der Waals surface area contributed by atoms with Crippen molar-refractivity contribution in [2.24, 2.45) is 11.7 Å². The molecule has 0 bridgehead atoms. The Morgan fingerprint density at radius 2 is 2.38 bits per heavy atom. The Morgan fingerprint density at radius 3 is 3.00 bits per heavy atom. The molecule has 1 saturated heterocycles. The summed E-state index contributed by atoms with van der Waals surface area (Å²) in [6.45, 7) is 3.83. The van der Waals surface area contributed by atoms with Crippen LogP contribution in [0.3, 0.4) is 0 Å². The predicted molar refractivity (Wildman–Crippen MR) is 80.7 cm³/mol. The number of likely N-dealkylation sites (tertiary alicyclic amines) is 1. The van der Waals surface area contributed by atoms with Crippen molar-refractivity contribution in [2.75, 3.05) is 26.7 Å². The highest BCUT2D eigenvalue weighted by Crippen LogP contribution is 2.20. The maximum atomic E-state index is 12.4. The summed E-state index contributed by atoms with van der Waals surface area (Å²) in [6, 6.07) is 3.51. The van der Waals surface area contributed by atoms with Crippen molar-refractivity contribution in [3.63, 3.8) is 0 Å². The van der Waals surface area contributed by atoms with Gasteiger partial charge in [0.1, 0.15) is 5.69 Å². The van der Waals surface area contributed by atoms with Crippen molar-refractivity contribution in [3.05, 3.63) is 29.6 Å². The molecule has 21 heavy (non-hydrogen) atoms. The molecule has 1 aliphatic heterocycles. The monoisotopic (exact) mass is 287 g/mol. The predicted octanol–water partition coefficient (Wildman–Crippen LogP) is 0.889. The summed E-state index contributed by atoms with van der Waals surface area (Å²) in [4.78, 5) is 18.5. The van der Waals surface area contributed by atoms with Crippen LogP contribution in [0.4, 0.5) is 0 Å². The Labute approximate surface area is 125 Å². The van der Waals surface area contributed by atoms with Gasteiger partial charge in [-0.3, -0.25) is 4.79 Å². The molecule has 5 nitrogen and oxygen atoms in total. The highest BCUT2D eigenvalue weighted by atomic mass is 16.5. The van der Waals surface area contributed by atoms with E-state index < -0.39 is 0 Å². The first-order chi connectivity index (χ1) is 10.2. The number of pyridine rings is 1. The summed E-state index contributed by atoms with van der Waals surface area (Å²) < 4.78 is 5.44. The third-order valence-electron chi connectivity index (χ3n) is 3.80. The molecule has 5 heteroatoms. The van der Waals surface area contributed by atoms with E-state index in [0.29, 0.717) is 24.7 Å². The number of hydrogen-bond acceptors (Lipinski definition) is 4. The maximum absolute atomic E-state index is 12.4. The lowest BCUT2D eigenvalue weighted by Gasteiger charge is -2.36. The van der Waals surface area contributed by atoms with E-state index in [4.69, 9.17) is 10.5 Å². The minimum absolute atomic E-state index is 0.0534. The number of ether oxygens (including phenoxy) is 1. The zero-order valence-electron chi connectivity index (χ0n) is 12.5. The lowest BCUT2D eigenvalue weighted by atomic mass is 9.95. The van der Waals surface area contributed by atoms with E-state index in [-0.39, 0.29) is 12.0 Å². The van der Waals surface area contributed by atoms with E-state index >= 15 is 0 Å². The Hall–Kier alpha value is -1.90. The van der Waals surface area contributed by atoms with Gasteiger partial charge in [0.15, 0.2) is 0 Å². The standard InChI is InChI=1S/C16H21N3O2/c1-12-7-9-19(11-15(12)21-2)16(20)14-6-5-13(10-18-14)4-3-8-17/h5-6,10,12,15H,7-9,11,17H2,1-2H3. The molecule has 0 aromatic carbocycles. The third kappa shape index (κ3) is 3.81. The third-order valence-corrected chi connectivity index (χ3v) is 3.80. The number of hydrogen-bond donors (Lipinski definition) is 1. The van der Waals surface area contributed by atoms with Crippen LogP contribution in [-0.4, -0.2) is 48.6 Å². The summed E-state index contributed by atoms with van der Waals surface area (Å²) in [5, 5.41) is 0. The number of aromatic nitrogens is 1. The van der Waals surface area contributed by atoms with E-state index in [1.807, 2.05) is 4.90 Å². The van der Waals surface area contributed by atoms with Gasteiger partial charge in [-0.05, 0) is 24.5 Å². The first-order valence-electron chi connectivity index (χ1n) is 7.12. The topological polar surface area (TPSA) is 68.5 Å². The van der Waals surface area contributed by atoms with Gasteiger partial charge in [-0.2, -0.15) is 0 Å². The number of amides is 1. The molecule has 1 fully saturated rings. The number of piperidine rings is 1. The van der Waals surface area contributed by atoms with Crippen LogP contribution < -0.4 is 5.73 Å². The Morgan fingerprint density at radius 1 is 1.57 bits per heavy atom. The van der Waals surface area contributed by atoms with Crippen LogP contribution in [0.2, 0.25) is 0 Å². The molecule has 2 atom stereocenters. The van der Waals surface area contributed by atoms with Gasteiger partial charge in [0.05, 0.1) is 12.6 Å². The summed E-state index contributed by atoms with van der Waals surface area (Å²) in [5.41, 5.74) is 6.53. The van der Waals surface area contributed by atoms with Gasteiger partial charge in [-0.1, -0.05) is 18.8 Å². The second-order valence-corrected chi connectivity index (χ2v) is 5.23. The largest absolute Gasteiger partial charge is 0.379 e. The van der Waals surface area contributed by atoms with E-state index in [2.05, 4.69) is 23.7 Å². The zero-order chi connectivity index (χ0) is 15.2. The minimum Gasteiger partial charge on any atom is -0.379 e. The van der Waals surface area contributed by atoms with Crippen molar-refractivity contribution >= 4 is 5.91 Å². The molecule has 2 unspecified atom stereocenters. The second kappa shape index (κ2) is 7.21. The molecule has 2 N–H and O–H groups in total. The van der Waals surface area contributed by atoms with Gasteiger partial charge < -0.3 is 15.4 Å². The highest BCUT2D eigenvalue weighted by molar-refractivity contribution is 5.92. The summed E-state index contributed by atoms with van der Waals surface area (Å²) in [7, 11) is 1.69. The fraction of sp³-hybridized carbons (Fsp3) is 0.500. The molecule has 2 rings (SSSR count). The van der Waals surface area contributed by atoms with Crippen LogP contribution in [0.1, 0.15) is 29.4 Å². The number of nitrogens with two attached hydrogens (primary N) is 1. The van der Waals surface area contributed by atoms with Gasteiger partial charge in [-0.15, -0.1) is 0 Å². The van der Waals surface area contributed by atoms with Crippen molar-refractivity contribution in [2.45, 2.75) is 19.4 Å². The smallest absolute Gasteiger partial charge is 0.272 e. The number of rotatable bonds is 2. The minimum atomic E-state index is -0.0534. The van der Waals surface area contributed by atoms with Crippen molar-refractivity contribution in [3.8, 4) is 11.8 Å². The Balaban J connectivity index is 2.06. The van der Waals surface area contributed by atoms with Crippen molar-refractivity contribution in [1.82, 2.24) is 9.88 Å². The molecule has 0 spiro atoms. The highest BCUT2D eigenvalue weighted by Gasteiger charge is 2.29.